The highest BCUT2D eigenvalue weighted by molar-refractivity contribution is 5.83. The molecule has 0 fully saturated rings. The first kappa shape index (κ1) is 15.0. The van der Waals surface area contributed by atoms with Crippen LogP contribution in [0, 0.1) is 0 Å². The summed E-state index contributed by atoms with van der Waals surface area (Å²) in [7, 11) is 6.38. The van der Waals surface area contributed by atoms with Crippen molar-refractivity contribution < 1.29 is 0 Å². The van der Waals surface area contributed by atoms with E-state index in [0.717, 1.165) is 6.42 Å². The van der Waals surface area contributed by atoms with Crippen LogP contribution >= 0.6 is 0 Å². The molecule has 0 bridgehead atoms. The fourth-order valence-corrected chi connectivity index (χ4v) is 3.00. The molecular weight excluding hydrogens is 244 g/mol. The predicted molar refractivity (Wildman–Crippen MR) is 88.1 cm³/mol. The Kier molecular flexibility index (Phi) is 4.46. The zero-order valence-electron chi connectivity index (χ0n) is 13.3. The standard InChI is InChI=1S/C18H26N2/c1-6-18(2,20(4)5)17(19-3)16-12-11-14-9-7-8-10-15(14)13-16/h7-13,17,19H,6H2,1-5H3. The maximum Gasteiger partial charge on any atom is 0.0501 e. The molecule has 2 rings (SSSR count). The third-order valence-electron chi connectivity index (χ3n) is 4.75. The Balaban J connectivity index is 2.48. The molecule has 0 aliphatic rings. The summed E-state index contributed by atoms with van der Waals surface area (Å²) in [6.45, 7) is 4.58. The third kappa shape index (κ3) is 2.58. The van der Waals surface area contributed by atoms with Gasteiger partial charge in [0.15, 0.2) is 0 Å². The van der Waals surface area contributed by atoms with Crippen LogP contribution in [0.25, 0.3) is 10.8 Å². The van der Waals surface area contributed by atoms with Gasteiger partial charge in [0.05, 0.1) is 6.04 Å². The Morgan fingerprint density at radius 2 is 1.75 bits per heavy atom. The van der Waals surface area contributed by atoms with E-state index in [-0.39, 0.29) is 5.54 Å². The molecule has 1 N–H and O–H groups in total. The summed E-state index contributed by atoms with van der Waals surface area (Å²) in [4.78, 5) is 2.32. The summed E-state index contributed by atoms with van der Waals surface area (Å²) < 4.78 is 0. The van der Waals surface area contributed by atoms with Crippen LogP contribution in [0.15, 0.2) is 42.5 Å². The van der Waals surface area contributed by atoms with Gasteiger partial charge >= 0.3 is 0 Å². The van der Waals surface area contributed by atoms with Gasteiger partial charge in [-0.3, -0.25) is 0 Å². The number of nitrogens with one attached hydrogen (secondary N) is 1. The summed E-state index contributed by atoms with van der Waals surface area (Å²) in [5.41, 5.74) is 1.45. The summed E-state index contributed by atoms with van der Waals surface area (Å²) in [6.07, 6.45) is 1.10. The second kappa shape index (κ2) is 5.94. The van der Waals surface area contributed by atoms with Crippen LogP contribution < -0.4 is 5.32 Å². The van der Waals surface area contributed by atoms with E-state index in [4.69, 9.17) is 0 Å². The second-order valence-electron chi connectivity index (χ2n) is 5.93. The van der Waals surface area contributed by atoms with Crippen molar-refractivity contribution in [3.05, 3.63) is 48.0 Å². The first-order valence-corrected chi connectivity index (χ1v) is 7.36. The van der Waals surface area contributed by atoms with Crippen LogP contribution in [0.3, 0.4) is 0 Å². The molecule has 0 heterocycles. The molecule has 108 valence electrons. The number of fused-ring (bicyclic) bond motifs is 1. The largest absolute Gasteiger partial charge is 0.311 e. The van der Waals surface area contributed by atoms with Crippen LogP contribution in [0.2, 0.25) is 0 Å². The fourth-order valence-electron chi connectivity index (χ4n) is 3.00. The minimum Gasteiger partial charge on any atom is -0.311 e. The average molecular weight is 270 g/mol. The van der Waals surface area contributed by atoms with Crippen molar-refractivity contribution in [1.82, 2.24) is 10.2 Å². The van der Waals surface area contributed by atoms with Crippen molar-refractivity contribution in [2.45, 2.75) is 31.8 Å². The van der Waals surface area contributed by atoms with Crippen molar-refractivity contribution in [2.24, 2.45) is 0 Å². The van der Waals surface area contributed by atoms with Gasteiger partial charge in [0.25, 0.3) is 0 Å². The van der Waals surface area contributed by atoms with E-state index in [2.05, 4.69) is 87.7 Å². The third-order valence-corrected chi connectivity index (χ3v) is 4.75. The van der Waals surface area contributed by atoms with Crippen LogP contribution in [-0.2, 0) is 0 Å². The van der Waals surface area contributed by atoms with E-state index in [0.29, 0.717) is 6.04 Å². The van der Waals surface area contributed by atoms with Crippen molar-refractivity contribution in [1.29, 1.82) is 0 Å². The monoisotopic (exact) mass is 270 g/mol. The SMILES string of the molecule is CCC(C)(C(NC)c1ccc2ccccc2c1)N(C)C. The highest BCUT2D eigenvalue weighted by Gasteiger charge is 2.34. The molecule has 2 heteroatoms. The number of nitrogens with zero attached hydrogens (tertiary/aromatic N) is 1. The topological polar surface area (TPSA) is 15.3 Å². The normalized spacial score (nSPS) is 16.3. The van der Waals surface area contributed by atoms with Gasteiger partial charge in [0.1, 0.15) is 0 Å². The predicted octanol–water partition coefficient (Wildman–Crippen LogP) is 3.83. The lowest BCUT2D eigenvalue weighted by atomic mass is 9.83. The van der Waals surface area contributed by atoms with Gasteiger partial charge in [0, 0.05) is 5.54 Å². The number of rotatable bonds is 5. The van der Waals surface area contributed by atoms with Gasteiger partial charge in [-0.1, -0.05) is 43.3 Å². The number of hydrogen-bond donors (Lipinski definition) is 1. The summed E-state index contributed by atoms with van der Waals surface area (Å²) in [5, 5.41) is 6.12. The van der Waals surface area contributed by atoms with E-state index in [1.54, 1.807) is 0 Å². The van der Waals surface area contributed by atoms with Gasteiger partial charge in [-0.2, -0.15) is 0 Å². The first-order chi connectivity index (χ1) is 9.52. The molecule has 0 amide bonds. The van der Waals surface area contributed by atoms with Crippen LogP contribution in [0.1, 0.15) is 31.9 Å². The molecule has 2 aromatic rings. The quantitative estimate of drug-likeness (QED) is 0.888. The first-order valence-electron chi connectivity index (χ1n) is 7.36. The van der Waals surface area contributed by atoms with Crippen molar-refractivity contribution in [3.63, 3.8) is 0 Å². The fraction of sp³-hybridized carbons (Fsp3) is 0.444. The maximum atomic E-state index is 3.51. The Hall–Kier alpha value is -1.38. The minimum absolute atomic E-state index is 0.0945. The molecule has 2 atom stereocenters. The summed E-state index contributed by atoms with van der Waals surface area (Å²) in [5.74, 6) is 0. The van der Waals surface area contributed by atoms with E-state index >= 15 is 0 Å². The number of benzene rings is 2. The molecule has 0 aromatic heterocycles. The maximum absolute atomic E-state index is 3.51. The second-order valence-corrected chi connectivity index (χ2v) is 5.93. The molecule has 0 spiro atoms. The molecule has 0 saturated heterocycles. The van der Waals surface area contributed by atoms with Crippen molar-refractivity contribution >= 4 is 10.8 Å². The van der Waals surface area contributed by atoms with Crippen LogP contribution in [0.5, 0.6) is 0 Å². The van der Waals surface area contributed by atoms with E-state index in [1.165, 1.54) is 16.3 Å². The molecule has 2 unspecified atom stereocenters. The zero-order chi connectivity index (χ0) is 14.8. The van der Waals surface area contributed by atoms with Gasteiger partial charge in [-0.05, 0) is 56.9 Å². The van der Waals surface area contributed by atoms with E-state index < -0.39 is 0 Å². The van der Waals surface area contributed by atoms with E-state index in [1.807, 2.05) is 0 Å². The number of likely N-dealkylation sites (N-methyl/N-ethyl adjacent to an activating group) is 2. The Morgan fingerprint density at radius 1 is 1.10 bits per heavy atom. The van der Waals surface area contributed by atoms with Gasteiger partial charge < -0.3 is 10.2 Å². The Bertz CT molecular complexity index is 576. The zero-order valence-corrected chi connectivity index (χ0v) is 13.3. The molecule has 20 heavy (non-hydrogen) atoms. The Labute approximate surface area is 122 Å². The molecule has 0 saturated carbocycles. The minimum atomic E-state index is 0.0945. The van der Waals surface area contributed by atoms with Crippen molar-refractivity contribution in [3.8, 4) is 0 Å². The molecule has 0 radical (unpaired) electrons. The lowest BCUT2D eigenvalue weighted by molar-refractivity contribution is 0.117. The summed E-state index contributed by atoms with van der Waals surface area (Å²) >= 11 is 0. The lowest BCUT2D eigenvalue weighted by Crippen LogP contribution is -2.50. The van der Waals surface area contributed by atoms with Gasteiger partial charge in [-0.25, -0.2) is 0 Å². The smallest absolute Gasteiger partial charge is 0.0501 e. The van der Waals surface area contributed by atoms with E-state index in [9.17, 15) is 0 Å². The van der Waals surface area contributed by atoms with Gasteiger partial charge in [-0.15, -0.1) is 0 Å². The Morgan fingerprint density at radius 3 is 2.30 bits per heavy atom. The lowest BCUT2D eigenvalue weighted by Gasteiger charge is -2.43. The molecule has 0 aliphatic carbocycles. The number of hydrogen-bond acceptors (Lipinski definition) is 2. The highest BCUT2D eigenvalue weighted by Crippen LogP contribution is 2.33. The molecule has 2 nitrogen and oxygen atoms in total. The molecule has 0 aliphatic heterocycles. The van der Waals surface area contributed by atoms with Crippen LogP contribution in [0.4, 0.5) is 0 Å². The van der Waals surface area contributed by atoms with Crippen LogP contribution in [-0.4, -0.2) is 31.6 Å². The molecular formula is C18H26N2. The van der Waals surface area contributed by atoms with Crippen molar-refractivity contribution in [2.75, 3.05) is 21.1 Å². The average Bonchev–Trinajstić information content (AvgIpc) is 2.47. The summed E-state index contributed by atoms with van der Waals surface area (Å²) in [6, 6.07) is 15.6. The van der Waals surface area contributed by atoms with Gasteiger partial charge in [0.2, 0.25) is 0 Å². The highest BCUT2D eigenvalue weighted by atomic mass is 15.2. The molecule has 2 aromatic carbocycles.